The van der Waals surface area contributed by atoms with Crippen molar-refractivity contribution in [3.05, 3.63) is 60.8 Å². The van der Waals surface area contributed by atoms with Crippen molar-refractivity contribution in [3.8, 4) is 0 Å². The van der Waals surface area contributed by atoms with E-state index in [9.17, 15) is 9.59 Å². The fourth-order valence-electron chi connectivity index (χ4n) is 6.73. The second-order valence-electron chi connectivity index (χ2n) is 16.4. The first-order valence-electron chi connectivity index (χ1n) is 24.8. The zero-order valence-corrected chi connectivity index (χ0v) is 38.6. The van der Waals surface area contributed by atoms with Gasteiger partial charge in [-0.3, -0.25) is 9.59 Å². The Balaban J connectivity index is 4.26. The van der Waals surface area contributed by atoms with E-state index in [1.807, 2.05) is 0 Å². The van der Waals surface area contributed by atoms with Crippen LogP contribution < -0.4 is 0 Å². The molecule has 5 nitrogen and oxygen atoms in total. The predicted octanol–water partition coefficient (Wildman–Crippen LogP) is 16.6. The maximum absolute atomic E-state index is 12.7. The van der Waals surface area contributed by atoms with Crippen LogP contribution in [0.1, 0.15) is 239 Å². The van der Waals surface area contributed by atoms with Gasteiger partial charge in [0.2, 0.25) is 0 Å². The molecule has 0 rings (SSSR count). The molecule has 0 bridgehead atoms. The molecule has 0 aliphatic carbocycles. The Labute approximate surface area is 360 Å². The molecule has 0 spiro atoms. The van der Waals surface area contributed by atoms with Gasteiger partial charge in [-0.05, 0) is 96.3 Å². The molecule has 0 N–H and O–H groups in total. The summed E-state index contributed by atoms with van der Waals surface area (Å²) < 4.78 is 17.3. The normalized spacial score (nSPS) is 12.7. The summed E-state index contributed by atoms with van der Waals surface area (Å²) in [4.78, 5) is 25.3. The van der Waals surface area contributed by atoms with Crippen LogP contribution >= 0.6 is 0 Å². The highest BCUT2D eigenvalue weighted by Crippen LogP contribution is 2.13. The number of hydrogen-bond donors (Lipinski definition) is 0. The van der Waals surface area contributed by atoms with Gasteiger partial charge >= 0.3 is 11.9 Å². The first-order chi connectivity index (χ1) is 28.6. The zero-order valence-electron chi connectivity index (χ0n) is 38.6. The van der Waals surface area contributed by atoms with Gasteiger partial charge in [0.15, 0.2) is 6.10 Å². The highest BCUT2D eigenvalue weighted by atomic mass is 16.6. The molecule has 0 aliphatic heterocycles. The standard InChI is InChI=1S/C53H94O5/c1-4-7-10-13-16-19-22-24-26-27-28-29-32-34-37-40-43-46-52(54)57-50-51(58-53(55)47-44-41-38-35-31-21-18-15-12-9-6-3)49-56-48-45-42-39-36-33-30-25-23-20-17-14-11-8-5-2/h11,14-16,18-20,23-24,26,51H,4-10,12-13,17,21-22,25,27-50H2,1-3H3/b14-11-,18-15-,19-16-,23-20-,26-24-. The van der Waals surface area contributed by atoms with Crippen LogP contribution in [0.15, 0.2) is 60.8 Å². The topological polar surface area (TPSA) is 61.8 Å². The van der Waals surface area contributed by atoms with Crippen LogP contribution in [0.2, 0.25) is 0 Å². The van der Waals surface area contributed by atoms with Crippen LogP contribution in [0.4, 0.5) is 0 Å². The van der Waals surface area contributed by atoms with Crippen molar-refractivity contribution in [1.29, 1.82) is 0 Å². The summed E-state index contributed by atoms with van der Waals surface area (Å²) in [7, 11) is 0. The third-order valence-corrected chi connectivity index (χ3v) is 10.5. The maximum Gasteiger partial charge on any atom is 0.306 e. The quantitative estimate of drug-likeness (QED) is 0.0348. The van der Waals surface area contributed by atoms with Gasteiger partial charge in [0.05, 0.1) is 6.61 Å². The summed E-state index contributed by atoms with van der Waals surface area (Å²) in [6.07, 6.45) is 60.8. The minimum atomic E-state index is -0.548. The van der Waals surface area contributed by atoms with E-state index in [2.05, 4.69) is 81.5 Å². The van der Waals surface area contributed by atoms with Crippen molar-refractivity contribution in [2.24, 2.45) is 0 Å². The molecule has 1 atom stereocenters. The highest BCUT2D eigenvalue weighted by molar-refractivity contribution is 5.70. The van der Waals surface area contributed by atoms with E-state index in [-0.39, 0.29) is 25.2 Å². The predicted molar refractivity (Wildman–Crippen MR) is 251 cm³/mol. The van der Waals surface area contributed by atoms with Crippen molar-refractivity contribution >= 4 is 11.9 Å². The van der Waals surface area contributed by atoms with Crippen molar-refractivity contribution in [1.82, 2.24) is 0 Å². The summed E-state index contributed by atoms with van der Waals surface area (Å²) in [5.74, 6) is -0.421. The fraction of sp³-hybridized carbons (Fsp3) is 0.774. The van der Waals surface area contributed by atoms with Crippen molar-refractivity contribution < 1.29 is 23.8 Å². The average Bonchev–Trinajstić information content (AvgIpc) is 3.22. The van der Waals surface area contributed by atoms with Crippen molar-refractivity contribution in [3.63, 3.8) is 0 Å². The van der Waals surface area contributed by atoms with Crippen LogP contribution in [0.3, 0.4) is 0 Å². The molecule has 5 heteroatoms. The Bertz CT molecular complexity index is 1010. The second kappa shape index (κ2) is 49.0. The molecule has 0 aromatic rings. The molecule has 0 amide bonds. The van der Waals surface area contributed by atoms with E-state index in [1.54, 1.807) is 0 Å². The Morgan fingerprint density at radius 2 is 0.776 bits per heavy atom. The lowest BCUT2D eigenvalue weighted by molar-refractivity contribution is -0.163. The summed E-state index contributed by atoms with van der Waals surface area (Å²) in [6, 6.07) is 0. The SMILES string of the molecule is CCC/C=C\C/C=C\CCCCCCCCOCC(COC(=O)CCCCCCCCC/C=C\C/C=C\CCCCC)OC(=O)CCCCCCC/C=C\CCCC. The first kappa shape index (κ1) is 55.6. The third-order valence-electron chi connectivity index (χ3n) is 10.5. The Kier molecular flexibility index (Phi) is 46.9. The zero-order chi connectivity index (χ0) is 42.1. The van der Waals surface area contributed by atoms with E-state index in [0.29, 0.717) is 19.4 Å². The van der Waals surface area contributed by atoms with Gasteiger partial charge in [-0.15, -0.1) is 0 Å². The molecule has 0 saturated carbocycles. The number of carbonyl (C=O) groups is 2. The van der Waals surface area contributed by atoms with Gasteiger partial charge in [0.1, 0.15) is 6.61 Å². The van der Waals surface area contributed by atoms with Crippen LogP contribution in [0.25, 0.3) is 0 Å². The van der Waals surface area contributed by atoms with Gasteiger partial charge in [0.25, 0.3) is 0 Å². The summed E-state index contributed by atoms with van der Waals surface area (Å²) in [5.41, 5.74) is 0. The molecule has 0 aromatic carbocycles. The average molecular weight is 811 g/mol. The number of rotatable bonds is 45. The van der Waals surface area contributed by atoms with Crippen molar-refractivity contribution in [2.45, 2.75) is 245 Å². The number of carbonyl (C=O) groups excluding carboxylic acids is 2. The molecule has 58 heavy (non-hydrogen) atoms. The monoisotopic (exact) mass is 811 g/mol. The Hall–Kier alpha value is -2.40. The molecule has 0 aliphatic rings. The summed E-state index contributed by atoms with van der Waals surface area (Å²) >= 11 is 0. The van der Waals surface area contributed by atoms with Gasteiger partial charge in [-0.2, -0.15) is 0 Å². The molecule has 336 valence electrons. The van der Waals surface area contributed by atoms with Crippen LogP contribution in [-0.4, -0.2) is 37.9 Å². The number of unbranched alkanes of at least 4 members (excludes halogenated alkanes) is 24. The highest BCUT2D eigenvalue weighted by Gasteiger charge is 2.17. The maximum atomic E-state index is 12.7. The van der Waals surface area contributed by atoms with Gasteiger partial charge < -0.3 is 14.2 Å². The number of allylic oxidation sites excluding steroid dienone is 10. The molecule has 0 radical (unpaired) electrons. The Morgan fingerprint density at radius 3 is 1.28 bits per heavy atom. The van der Waals surface area contributed by atoms with Crippen LogP contribution in [0.5, 0.6) is 0 Å². The number of esters is 2. The lowest BCUT2D eigenvalue weighted by Crippen LogP contribution is -2.30. The first-order valence-corrected chi connectivity index (χ1v) is 24.8. The van der Waals surface area contributed by atoms with Gasteiger partial charge in [0, 0.05) is 19.4 Å². The lowest BCUT2D eigenvalue weighted by atomic mass is 10.1. The molecular weight excluding hydrogens is 717 g/mol. The molecule has 1 unspecified atom stereocenters. The second-order valence-corrected chi connectivity index (χ2v) is 16.4. The van der Waals surface area contributed by atoms with E-state index >= 15 is 0 Å². The summed E-state index contributed by atoms with van der Waals surface area (Å²) in [5, 5.41) is 0. The van der Waals surface area contributed by atoms with Crippen LogP contribution in [0, 0.1) is 0 Å². The molecular formula is C53H94O5. The largest absolute Gasteiger partial charge is 0.462 e. The van der Waals surface area contributed by atoms with Crippen molar-refractivity contribution in [2.75, 3.05) is 19.8 Å². The minimum Gasteiger partial charge on any atom is -0.462 e. The van der Waals surface area contributed by atoms with Gasteiger partial charge in [-0.1, -0.05) is 191 Å². The number of ether oxygens (including phenoxy) is 3. The smallest absolute Gasteiger partial charge is 0.306 e. The van der Waals surface area contributed by atoms with E-state index in [0.717, 1.165) is 70.6 Å². The van der Waals surface area contributed by atoms with Gasteiger partial charge in [-0.25, -0.2) is 0 Å². The molecule has 0 fully saturated rings. The summed E-state index contributed by atoms with van der Waals surface area (Å²) in [6.45, 7) is 7.68. The Morgan fingerprint density at radius 1 is 0.379 bits per heavy atom. The fourth-order valence-corrected chi connectivity index (χ4v) is 6.73. The van der Waals surface area contributed by atoms with Crippen LogP contribution in [-0.2, 0) is 23.8 Å². The molecule has 0 aromatic heterocycles. The molecule has 0 saturated heterocycles. The number of hydrogen-bond acceptors (Lipinski definition) is 5. The van der Waals surface area contributed by atoms with E-state index in [1.165, 1.54) is 135 Å². The lowest BCUT2D eigenvalue weighted by Gasteiger charge is -2.18. The van der Waals surface area contributed by atoms with E-state index in [4.69, 9.17) is 14.2 Å². The minimum absolute atomic E-state index is 0.0729. The van der Waals surface area contributed by atoms with E-state index < -0.39 is 6.10 Å². The third kappa shape index (κ3) is 46.3. The molecule has 0 heterocycles.